The third-order valence-electron chi connectivity index (χ3n) is 5.11. The number of primary amides is 1. The third-order valence-corrected chi connectivity index (χ3v) is 5.60. The Hall–Kier alpha value is -4.33. The number of benzene rings is 1. The fraction of sp³-hybridized carbons (Fsp3) is 0.0833. The van der Waals surface area contributed by atoms with Gasteiger partial charge in [0.05, 0.1) is 34.1 Å². The number of nitrogens with zero attached hydrogens (tertiary/aromatic N) is 5. The average molecular weight is 441 g/mol. The molecule has 0 fully saturated rings. The molecule has 0 atom stereocenters. The first-order chi connectivity index (χ1) is 15.3. The van der Waals surface area contributed by atoms with Gasteiger partial charge in [0, 0.05) is 41.7 Å². The maximum absolute atomic E-state index is 11.5. The molecule has 4 aromatic rings. The van der Waals surface area contributed by atoms with Crippen LogP contribution in [0.5, 0.6) is 0 Å². The van der Waals surface area contributed by atoms with Crippen molar-refractivity contribution >= 4 is 28.6 Å². The third kappa shape index (κ3) is 3.62. The Morgan fingerprint density at radius 2 is 1.88 bits per heavy atom. The van der Waals surface area contributed by atoms with Crippen molar-refractivity contribution in [3.05, 3.63) is 82.4 Å². The predicted octanol–water partition coefficient (Wildman–Crippen LogP) is 3.47. The number of fused-ring (bicyclic) bond motifs is 1. The Bertz CT molecular complexity index is 1520. The van der Waals surface area contributed by atoms with Crippen LogP contribution in [-0.2, 0) is 11.8 Å². The highest BCUT2D eigenvalue weighted by Crippen LogP contribution is 2.28. The summed E-state index contributed by atoms with van der Waals surface area (Å²) in [6, 6.07) is 7.49. The molecule has 0 saturated carbocycles. The van der Waals surface area contributed by atoms with Gasteiger partial charge in [-0.05, 0) is 30.2 Å². The van der Waals surface area contributed by atoms with Crippen molar-refractivity contribution in [3.63, 3.8) is 0 Å². The van der Waals surface area contributed by atoms with Crippen LogP contribution >= 0.6 is 11.6 Å². The monoisotopic (exact) mass is 440 g/mol. The van der Waals surface area contributed by atoms with E-state index in [0.717, 1.165) is 11.1 Å². The summed E-state index contributed by atoms with van der Waals surface area (Å²) in [7, 11) is 1.84. The van der Waals surface area contributed by atoms with E-state index in [1.54, 1.807) is 34.5 Å². The SMILES string of the molecule is C=C(C(N)=O)c1ccc(C#Cc2cc(-c3cnn(C)c3)cn3ncc(C#N)c23)c(Cl)c1C. The van der Waals surface area contributed by atoms with Crippen molar-refractivity contribution in [2.45, 2.75) is 6.92 Å². The summed E-state index contributed by atoms with van der Waals surface area (Å²) in [5, 5.41) is 18.4. The molecule has 0 saturated heterocycles. The van der Waals surface area contributed by atoms with Gasteiger partial charge in [-0.1, -0.05) is 36.1 Å². The Morgan fingerprint density at radius 1 is 1.12 bits per heavy atom. The van der Waals surface area contributed by atoms with Gasteiger partial charge in [0.25, 0.3) is 0 Å². The molecule has 0 unspecified atom stereocenters. The van der Waals surface area contributed by atoms with Crippen molar-refractivity contribution in [3.8, 4) is 29.0 Å². The molecule has 0 radical (unpaired) electrons. The van der Waals surface area contributed by atoms with E-state index in [4.69, 9.17) is 17.3 Å². The summed E-state index contributed by atoms with van der Waals surface area (Å²) in [5.41, 5.74) is 10.8. The molecular weight excluding hydrogens is 424 g/mol. The fourth-order valence-electron chi connectivity index (χ4n) is 3.40. The number of hydrogen-bond acceptors (Lipinski definition) is 4. The number of aryl methyl sites for hydroxylation is 1. The van der Waals surface area contributed by atoms with Crippen LogP contribution in [0, 0.1) is 30.1 Å². The van der Waals surface area contributed by atoms with Crippen LogP contribution in [0.25, 0.3) is 22.2 Å². The molecule has 3 heterocycles. The largest absolute Gasteiger partial charge is 0.366 e. The van der Waals surface area contributed by atoms with Crippen LogP contribution < -0.4 is 5.73 Å². The Kier molecular flexibility index (Phi) is 5.28. The molecule has 0 spiro atoms. The highest BCUT2D eigenvalue weighted by Gasteiger charge is 2.14. The van der Waals surface area contributed by atoms with E-state index in [-0.39, 0.29) is 5.57 Å². The summed E-state index contributed by atoms with van der Waals surface area (Å²) >= 11 is 6.52. The molecule has 1 aromatic carbocycles. The quantitative estimate of drug-likeness (QED) is 0.389. The molecule has 0 aliphatic carbocycles. The van der Waals surface area contributed by atoms with E-state index in [1.807, 2.05) is 25.5 Å². The van der Waals surface area contributed by atoms with E-state index in [1.165, 1.54) is 6.20 Å². The molecule has 8 heteroatoms. The maximum Gasteiger partial charge on any atom is 0.248 e. The van der Waals surface area contributed by atoms with E-state index >= 15 is 0 Å². The lowest BCUT2D eigenvalue weighted by molar-refractivity contribution is -0.112. The second-order valence-corrected chi connectivity index (χ2v) is 7.58. The van der Waals surface area contributed by atoms with Gasteiger partial charge < -0.3 is 5.73 Å². The summed E-state index contributed by atoms with van der Waals surface area (Å²) < 4.78 is 3.34. The van der Waals surface area contributed by atoms with Gasteiger partial charge in [-0.15, -0.1) is 0 Å². The van der Waals surface area contributed by atoms with Crippen LogP contribution in [0.1, 0.15) is 27.8 Å². The van der Waals surface area contributed by atoms with Gasteiger partial charge in [-0.3, -0.25) is 9.48 Å². The smallest absolute Gasteiger partial charge is 0.248 e. The minimum absolute atomic E-state index is 0.188. The number of aromatic nitrogens is 4. The van der Waals surface area contributed by atoms with Gasteiger partial charge in [0.1, 0.15) is 6.07 Å². The Labute approximate surface area is 189 Å². The van der Waals surface area contributed by atoms with Crippen LogP contribution in [-0.4, -0.2) is 25.3 Å². The number of halogens is 1. The normalized spacial score (nSPS) is 10.4. The van der Waals surface area contributed by atoms with Gasteiger partial charge in [0.15, 0.2) is 0 Å². The molecule has 0 bridgehead atoms. The highest BCUT2D eigenvalue weighted by atomic mass is 35.5. The molecule has 4 rings (SSSR count). The number of nitriles is 1. The maximum atomic E-state index is 11.5. The molecule has 3 aromatic heterocycles. The molecular formula is C24H17ClN6O. The number of pyridine rings is 1. The fourth-order valence-corrected chi connectivity index (χ4v) is 3.61. The zero-order chi connectivity index (χ0) is 23.0. The topological polar surface area (TPSA) is 102 Å². The molecule has 2 N–H and O–H groups in total. The number of rotatable bonds is 3. The van der Waals surface area contributed by atoms with Crippen molar-refractivity contribution in [1.82, 2.24) is 19.4 Å². The molecule has 156 valence electrons. The molecule has 0 aliphatic rings. The lowest BCUT2D eigenvalue weighted by Crippen LogP contribution is -2.12. The molecule has 32 heavy (non-hydrogen) atoms. The number of carbonyl (C=O) groups is 1. The standard InChI is InChI=1S/C24H17ClN6O/c1-14-21(15(2)24(27)32)7-6-16(22(14)25)4-5-17-8-18(20-11-28-30(3)12-20)13-31-23(17)19(9-26)10-29-31/h6-8,10-13H,2H2,1,3H3,(H2,27,32). The van der Waals surface area contributed by atoms with Crippen molar-refractivity contribution in [2.24, 2.45) is 12.8 Å². The zero-order valence-electron chi connectivity index (χ0n) is 17.3. The first-order valence-corrected chi connectivity index (χ1v) is 9.88. The molecule has 7 nitrogen and oxygen atoms in total. The summed E-state index contributed by atoms with van der Waals surface area (Å²) in [6.45, 7) is 5.50. The Morgan fingerprint density at radius 3 is 2.53 bits per heavy atom. The van der Waals surface area contributed by atoms with Crippen LogP contribution in [0.3, 0.4) is 0 Å². The second-order valence-electron chi connectivity index (χ2n) is 7.20. The first-order valence-electron chi connectivity index (χ1n) is 9.51. The van der Waals surface area contributed by atoms with Gasteiger partial charge in [0.2, 0.25) is 5.91 Å². The minimum atomic E-state index is -0.609. The van der Waals surface area contributed by atoms with E-state index in [9.17, 15) is 10.1 Å². The van der Waals surface area contributed by atoms with Gasteiger partial charge in [-0.2, -0.15) is 15.5 Å². The lowest BCUT2D eigenvalue weighted by Gasteiger charge is -2.09. The zero-order valence-corrected chi connectivity index (χ0v) is 18.1. The van der Waals surface area contributed by atoms with E-state index in [2.05, 4.69) is 34.7 Å². The van der Waals surface area contributed by atoms with Crippen molar-refractivity contribution in [1.29, 1.82) is 5.26 Å². The van der Waals surface area contributed by atoms with Gasteiger partial charge in [-0.25, -0.2) is 4.52 Å². The predicted molar refractivity (Wildman–Crippen MR) is 123 cm³/mol. The lowest BCUT2D eigenvalue weighted by atomic mass is 9.98. The minimum Gasteiger partial charge on any atom is -0.366 e. The van der Waals surface area contributed by atoms with E-state index in [0.29, 0.717) is 38.4 Å². The average Bonchev–Trinajstić information content (AvgIpc) is 3.40. The summed E-state index contributed by atoms with van der Waals surface area (Å²) in [4.78, 5) is 11.5. The van der Waals surface area contributed by atoms with Gasteiger partial charge >= 0.3 is 0 Å². The summed E-state index contributed by atoms with van der Waals surface area (Å²) in [6.07, 6.45) is 6.98. The number of nitrogens with two attached hydrogens (primary N) is 1. The number of amides is 1. The van der Waals surface area contributed by atoms with Crippen molar-refractivity contribution in [2.75, 3.05) is 0 Å². The first kappa shape index (κ1) is 20.9. The summed E-state index contributed by atoms with van der Waals surface area (Å²) in [5.74, 6) is 5.61. The second kappa shape index (κ2) is 8.07. The van der Waals surface area contributed by atoms with Crippen LogP contribution in [0.4, 0.5) is 0 Å². The number of carbonyl (C=O) groups excluding carboxylic acids is 1. The molecule has 0 aliphatic heterocycles. The van der Waals surface area contributed by atoms with Crippen molar-refractivity contribution < 1.29 is 4.79 Å². The van der Waals surface area contributed by atoms with Crippen LogP contribution in [0.15, 0.2) is 49.6 Å². The van der Waals surface area contributed by atoms with E-state index < -0.39 is 5.91 Å². The number of hydrogen-bond donors (Lipinski definition) is 1. The Balaban J connectivity index is 1.86. The van der Waals surface area contributed by atoms with Crippen LogP contribution in [0.2, 0.25) is 5.02 Å². The highest BCUT2D eigenvalue weighted by molar-refractivity contribution is 6.33. The molecule has 1 amide bonds.